The highest BCUT2D eigenvalue weighted by Gasteiger charge is 2.48. The monoisotopic (exact) mass is 493 g/mol. The summed E-state index contributed by atoms with van der Waals surface area (Å²) in [7, 11) is 0. The molecule has 11 heteroatoms. The minimum absolute atomic E-state index is 0.0584. The van der Waals surface area contributed by atoms with Crippen molar-refractivity contribution in [2.45, 2.75) is 19.9 Å². The molecule has 2 heterocycles. The van der Waals surface area contributed by atoms with Crippen molar-refractivity contribution in [2.75, 3.05) is 11.5 Å². The summed E-state index contributed by atoms with van der Waals surface area (Å²) in [5.41, 5.74) is 0.609. The van der Waals surface area contributed by atoms with E-state index in [1.807, 2.05) is 0 Å². The van der Waals surface area contributed by atoms with E-state index in [9.17, 15) is 29.6 Å². The summed E-state index contributed by atoms with van der Waals surface area (Å²) in [4.78, 5) is 54.8. The summed E-state index contributed by atoms with van der Waals surface area (Å²) in [5.74, 6) is -2.90. The van der Waals surface area contributed by atoms with Gasteiger partial charge in [0.1, 0.15) is 10.6 Å². The number of non-ortho nitro benzene ring substituents is 1. The van der Waals surface area contributed by atoms with Gasteiger partial charge in [0.05, 0.1) is 28.8 Å². The molecule has 1 N–H and O–H groups in total. The number of nitrogens with zero attached hydrogens (tertiary/aromatic N) is 3. The van der Waals surface area contributed by atoms with Gasteiger partial charge in [0.15, 0.2) is 5.13 Å². The van der Waals surface area contributed by atoms with E-state index in [-0.39, 0.29) is 27.9 Å². The minimum atomic E-state index is -1.13. The number of benzene rings is 2. The lowest BCUT2D eigenvalue weighted by Gasteiger charge is -2.22. The number of aliphatic hydroxyl groups excluding tert-OH is 1. The molecule has 0 spiro atoms. The lowest BCUT2D eigenvalue weighted by molar-refractivity contribution is -0.384. The van der Waals surface area contributed by atoms with Crippen molar-refractivity contribution in [1.29, 1.82) is 0 Å². The maximum Gasteiger partial charge on any atom is 0.350 e. The average molecular weight is 493 g/mol. The lowest BCUT2D eigenvalue weighted by atomic mass is 9.95. The Labute approximate surface area is 203 Å². The topological polar surface area (TPSA) is 140 Å². The molecule has 1 saturated heterocycles. The zero-order valence-corrected chi connectivity index (χ0v) is 19.4. The zero-order valence-electron chi connectivity index (χ0n) is 18.6. The van der Waals surface area contributed by atoms with Crippen LogP contribution in [0.2, 0.25) is 0 Å². The van der Waals surface area contributed by atoms with Gasteiger partial charge in [-0.05, 0) is 31.5 Å². The van der Waals surface area contributed by atoms with Crippen LogP contribution in [0.1, 0.15) is 39.5 Å². The van der Waals surface area contributed by atoms with E-state index in [2.05, 4.69) is 4.98 Å². The van der Waals surface area contributed by atoms with Crippen molar-refractivity contribution in [3.8, 4) is 0 Å². The molecule has 1 amide bonds. The maximum atomic E-state index is 13.2. The number of carbonyl (C=O) groups excluding carboxylic acids is 3. The molecule has 2 aromatic carbocycles. The molecule has 10 nitrogen and oxygen atoms in total. The van der Waals surface area contributed by atoms with Gasteiger partial charge >= 0.3 is 11.9 Å². The SMILES string of the molecule is CCOC(=O)c1sc(N2C(=O)C(=O)C(=C(O)c3ccccc3)[C@@H]2c2ccc([N+](=O)[O-])cc2)nc1C. The Morgan fingerprint density at radius 3 is 2.43 bits per heavy atom. The summed E-state index contributed by atoms with van der Waals surface area (Å²) in [5, 5.41) is 22.2. The number of carbonyl (C=O) groups is 3. The van der Waals surface area contributed by atoms with E-state index in [0.29, 0.717) is 16.8 Å². The van der Waals surface area contributed by atoms with E-state index >= 15 is 0 Å². The van der Waals surface area contributed by atoms with Gasteiger partial charge in [-0.3, -0.25) is 24.6 Å². The predicted octanol–water partition coefficient (Wildman–Crippen LogP) is 4.16. The van der Waals surface area contributed by atoms with E-state index < -0.39 is 34.4 Å². The first-order valence-corrected chi connectivity index (χ1v) is 11.3. The highest BCUT2D eigenvalue weighted by Crippen LogP contribution is 2.44. The quantitative estimate of drug-likeness (QED) is 0.135. The van der Waals surface area contributed by atoms with Crippen LogP contribution in [0.5, 0.6) is 0 Å². The van der Waals surface area contributed by atoms with Crippen LogP contribution < -0.4 is 4.90 Å². The fourth-order valence-corrected chi connectivity index (χ4v) is 4.73. The van der Waals surface area contributed by atoms with Gasteiger partial charge in [0, 0.05) is 17.7 Å². The third-order valence-electron chi connectivity index (χ3n) is 5.36. The summed E-state index contributed by atoms with van der Waals surface area (Å²) < 4.78 is 5.04. The Hall–Kier alpha value is -4.38. The number of aromatic nitrogens is 1. The fourth-order valence-electron chi connectivity index (χ4n) is 3.75. The second-order valence-corrected chi connectivity index (χ2v) is 8.49. The molecule has 35 heavy (non-hydrogen) atoms. The van der Waals surface area contributed by atoms with Gasteiger partial charge < -0.3 is 9.84 Å². The number of hydrogen-bond acceptors (Lipinski definition) is 9. The molecule has 1 fully saturated rings. The van der Waals surface area contributed by atoms with E-state index in [4.69, 9.17) is 4.74 Å². The summed E-state index contributed by atoms with van der Waals surface area (Å²) in [6.45, 7) is 3.38. The first kappa shape index (κ1) is 23.8. The van der Waals surface area contributed by atoms with Gasteiger partial charge in [-0.1, -0.05) is 41.7 Å². The Balaban J connectivity index is 1.91. The first-order valence-electron chi connectivity index (χ1n) is 10.5. The number of hydrogen-bond donors (Lipinski definition) is 1. The third-order valence-corrected chi connectivity index (χ3v) is 6.50. The number of amides is 1. The lowest BCUT2D eigenvalue weighted by Crippen LogP contribution is -2.29. The van der Waals surface area contributed by atoms with Crippen molar-refractivity contribution in [3.05, 3.63) is 92.0 Å². The number of thiazole rings is 1. The molecule has 178 valence electrons. The molecule has 4 rings (SSSR count). The van der Waals surface area contributed by atoms with Crippen LogP contribution >= 0.6 is 11.3 Å². The average Bonchev–Trinajstić information content (AvgIpc) is 3.36. The van der Waals surface area contributed by atoms with E-state index in [1.54, 1.807) is 44.2 Å². The number of esters is 1. The highest BCUT2D eigenvalue weighted by atomic mass is 32.1. The van der Waals surface area contributed by atoms with Crippen LogP contribution in [0, 0.1) is 17.0 Å². The highest BCUT2D eigenvalue weighted by molar-refractivity contribution is 7.17. The minimum Gasteiger partial charge on any atom is -0.507 e. The van der Waals surface area contributed by atoms with E-state index in [0.717, 1.165) is 16.2 Å². The van der Waals surface area contributed by atoms with Gasteiger partial charge in [-0.15, -0.1) is 0 Å². The molecule has 1 atom stereocenters. The summed E-state index contributed by atoms with van der Waals surface area (Å²) in [6.07, 6.45) is 0. The van der Waals surface area contributed by atoms with Crippen LogP contribution in [0.25, 0.3) is 5.76 Å². The number of anilines is 1. The second-order valence-electron chi connectivity index (χ2n) is 7.52. The van der Waals surface area contributed by atoms with Crippen LogP contribution in [-0.2, 0) is 14.3 Å². The van der Waals surface area contributed by atoms with Crippen LogP contribution in [0.4, 0.5) is 10.8 Å². The number of Topliss-reactive ketones (excluding diaryl/α,β-unsaturated/α-hetero) is 1. The Bertz CT molecular complexity index is 1360. The van der Waals surface area contributed by atoms with Crippen molar-refractivity contribution in [1.82, 2.24) is 4.98 Å². The normalized spacial score (nSPS) is 17.0. The predicted molar refractivity (Wildman–Crippen MR) is 127 cm³/mol. The van der Waals surface area contributed by atoms with Gasteiger partial charge in [0.2, 0.25) is 0 Å². The molecule has 0 radical (unpaired) electrons. The molecule has 1 aliphatic heterocycles. The number of nitro groups is 1. The maximum absolute atomic E-state index is 13.2. The number of ketones is 1. The number of ether oxygens (including phenoxy) is 1. The first-order chi connectivity index (χ1) is 16.7. The standard InChI is InChI=1S/C24H19N3O7S/c1-3-34-23(31)21-13(2)25-24(35-21)26-18(14-9-11-16(12-10-14)27(32)33)17(20(29)22(26)30)19(28)15-7-5-4-6-8-15/h4-12,18,28H,3H2,1-2H3/t18-/m0/s1. The second kappa shape index (κ2) is 9.47. The smallest absolute Gasteiger partial charge is 0.350 e. The molecule has 0 aliphatic carbocycles. The fraction of sp³-hybridized carbons (Fsp3) is 0.167. The largest absolute Gasteiger partial charge is 0.507 e. The van der Waals surface area contributed by atoms with Crippen LogP contribution in [0.15, 0.2) is 60.2 Å². The Kier molecular flexibility index (Phi) is 6.43. The molecular weight excluding hydrogens is 474 g/mol. The summed E-state index contributed by atoms with van der Waals surface area (Å²) >= 11 is 0.881. The molecule has 0 saturated carbocycles. The van der Waals surface area contributed by atoms with Gasteiger partial charge in [0.25, 0.3) is 11.5 Å². The molecule has 3 aromatic rings. The van der Waals surface area contributed by atoms with Crippen molar-refractivity contribution < 1.29 is 29.2 Å². The number of rotatable bonds is 6. The van der Waals surface area contributed by atoms with Gasteiger partial charge in [-0.2, -0.15) is 0 Å². The Morgan fingerprint density at radius 2 is 1.83 bits per heavy atom. The molecule has 1 aromatic heterocycles. The number of nitro benzene ring substituents is 1. The van der Waals surface area contributed by atoms with Crippen LogP contribution in [0.3, 0.4) is 0 Å². The Morgan fingerprint density at radius 1 is 1.17 bits per heavy atom. The zero-order chi connectivity index (χ0) is 25.3. The molecule has 0 bridgehead atoms. The third kappa shape index (κ3) is 4.28. The molecular formula is C24H19N3O7S. The molecule has 0 unspecified atom stereocenters. The van der Waals surface area contributed by atoms with Gasteiger partial charge in [-0.25, -0.2) is 9.78 Å². The van der Waals surface area contributed by atoms with E-state index in [1.165, 1.54) is 24.3 Å². The number of aryl methyl sites for hydroxylation is 1. The molecule has 1 aliphatic rings. The van der Waals surface area contributed by atoms with Crippen LogP contribution in [-0.4, -0.2) is 39.3 Å². The van der Waals surface area contributed by atoms with Crippen molar-refractivity contribution >= 4 is 45.6 Å². The van der Waals surface area contributed by atoms with Crippen molar-refractivity contribution in [3.63, 3.8) is 0 Å². The number of aliphatic hydroxyl groups is 1. The summed E-state index contributed by atoms with van der Waals surface area (Å²) in [6, 6.07) is 12.4. The van der Waals surface area contributed by atoms with Crippen molar-refractivity contribution in [2.24, 2.45) is 0 Å².